The number of halogens is 1. The summed E-state index contributed by atoms with van der Waals surface area (Å²) in [5, 5.41) is 3.20. The van der Waals surface area contributed by atoms with Crippen molar-refractivity contribution in [2.45, 2.75) is 51.2 Å². The van der Waals surface area contributed by atoms with Crippen LogP contribution < -0.4 is 15.8 Å². The second-order valence-corrected chi connectivity index (χ2v) is 10.5. The molecule has 5 rings (SSSR count). The molecule has 2 saturated heterocycles. The first-order valence-corrected chi connectivity index (χ1v) is 13.6. The Balaban J connectivity index is 1.10. The summed E-state index contributed by atoms with van der Waals surface area (Å²) in [4.78, 5) is 41.4. The van der Waals surface area contributed by atoms with E-state index in [0.717, 1.165) is 56.8 Å². The second kappa shape index (κ2) is 12.0. The third-order valence-electron chi connectivity index (χ3n) is 7.75. The predicted octanol–water partition coefficient (Wildman–Crippen LogP) is 2.39. The van der Waals surface area contributed by atoms with Crippen molar-refractivity contribution in [3.8, 4) is 0 Å². The quantitative estimate of drug-likeness (QED) is 0.619. The molecule has 3 fully saturated rings. The molecule has 0 bridgehead atoms. The van der Waals surface area contributed by atoms with Crippen LogP contribution in [0.15, 0.2) is 35.1 Å². The SMILES string of the molecule is O=C(NC1CCCCC1)N1CCN(c2nc(CN3CCN(Cc4ccc(F)cc4)CC3)cc(=O)[nH]2)CC1. The summed E-state index contributed by atoms with van der Waals surface area (Å²) in [7, 11) is 0. The van der Waals surface area contributed by atoms with Crippen molar-refractivity contribution in [1.82, 2.24) is 30.0 Å². The van der Waals surface area contributed by atoms with E-state index in [1.165, 1.54) is 31.4 Å². The van der Waals surface area contributed by atoms with Gasteiger partial charge in [-0.25, -0.2) is 14.2 Å². The number of anilines is 1. The minimum atomic E-state index is -0.208. The van der Waals surface area contributed by atoms with Crippen molar-refractivity contribution in [3.63, 3.8) is 0 Å². The number of nitrogens with zero attached hydrogens (tertiary/aromatic N) is 5. The summed E-state index contributed by atoms with van der Waals surface area (Å²) in [6, 6.07) is 8.61. The van der Waals surface area contributed by atoms with Crippen molar-refractivity contribution in [2.24, 2.45) is 0 Å². The number of aromatic amines is 1. The van der Waals surface area contributed by atoms with Crippen LogP contribution in [0, 0.1) is 5.82 Å². The summed E-state index contributed by atoms with van der Waals surface area (Å²) in [5.74, 6) is 0.380. The van der Waals surface area contributed by atoms with Crippen LogP contribution in [0.25, 0.3) is 0 Å². The summed E-state index contributed by atoms with van der Waals surface area (Å²) in [6.45, 7) is 7.57. The zero-order valence-corrected chi connectivity index (χ0v) is 21.5. The number of carbonyl (C=O) groups excluding carboxylic acids is 1. The third-order valence-corrected chi connectivity index (χ3v) is 7.75. The Bertz CT molecular complexity index is 1090. The number of rotatable bonds is 6. The monoisotopic (exact) mass is 511 g/mol. The Hall–Kier alpha value is -2.98. The van der Waals surface area contributed by atoms with Gasteiger partial charge < -0.3 is 15.1 Å². The van der Waals surface area contributed by atoms with Crippen LogP contribution in [0.4, 0.5) is 15.1 Å². The average molecular weight is 512 g/mol. The fourth-order valence-corrected chi connectivity index (χ4v) is 5.54. The third kappa shape index (κ3) is 7.07. The lowest BCUT2D eigenvalue weighted by Crippen LogP contribution is -2.54. The van der Waals surface area contributed by atoms with E-state index in [-0.39, 0.29) is 17.4 Å². The minimum Gasteiger partial charge on any atom is -0.339 e. The number of urea groups is 1. The van der Waals surface area contributed by atoms with Gasteiger partial charge in [-0.3, -0.25) is 19.6 Å². The molecule has 37 heavy (non-hydrogen) atoms. The molecule has 200 valence electrons. The summed E-state index contributed by atoms with van der Waals surface area (Å²) >= 11 is 0. The molecule has 3 aliphatic rings. The minimum absolute atomic E-state index is 0.0281. The molecule has 3 heterocycles. The first-order chi connectivity index (χ1) is 18.0. The first-order valence-electron chi connectivity index (χ1n) is 13.6. The summed E-state index contributed by atoms with van der Waals surface area (Å²) in [5.41, 5.74) is 1.73. The lowest BCUT2D eigenvalue weighted by molar-refractivity contribution is 0.121. The molecule has 2 N–H and O–H groups in total. The van der Waals surface area contributed by atoms with Crippen molar-refractivity contribution >= 4 is 12.0 Å². The van der Waals surface area contributed by atoms with Crippen LogP contribution in [0.3, 0.4) is 0 Å². The average Bonchev–Trinajstić information content (AvgIpc) is 2.91. The number of hydrogen-bond acceptors (Lipinski definition) is 6. The maximum Gasteiger partial charge on any atom is 0.317 e. The highest BCUT2D eigenvalue weighted by Crippen LogP contribution is 2.18. The van der Waals surface area contributed by atoms with E-state index in [2.05, 4.69) is 25.0 Å². The van der Waals surface area contributed by atoms with Gasteiger partial charge in [-0.1, -0.05) is 31.4 Å². The largest absolute Gasteiger partial charge is 0.339 e. The van der Waals surface area contributed by atoms with Gasteiger partial charge in [-0.05, 0) is 30.5 Å². The van der Waals surface area contributed by atoms with Gasteiger partial charge in [0.2, 0.25) is 5.95 Å². The van der Waals surface area contributed by atoms with E-state index in [4.69, 9.17) is 4.98 Å². The van der Waals surface area contributed by atoms with Gasteiger partial charge >= 0.3 is 6.03 Å². The van der Waals surface area contributed by atoms with Gasteiger partial charge in [0.25, 0.3) is 5.56 Å². The van der Waals surface area contributed by atoms with Gasteiger partial charge in [0.05, 0.1) is 5.69 Å². The number of H-pyrrole nitrogens is 1. The number of piperazine rings is 2. The number of aromatic nitrogens is 2. The standard InChI is InChI=1S/C27H38FN7O2/c28-22-8-6-21(7-9-22)19-32-10-12-33(13-11-32)20-24-18-25(36)31-26(29-24)34-14-16-35(17-15-34)27(37)30-23-4-2-1-3-5-23/h6-9,18,23H,1-5,10-17,19-20H2,(H,30,37)(H,29,31,36). The van der Waals surface area contributed by atoms with Gasteiger partial charge in [0.1, 0.15) is 5.82 Å². The van der Waals surface area contributed by atoms with Gasteiger partial charge in [0.15, 0.2) is 0 Å². The van der Waals surface area contributed by atoms with E-state index in [0.29, 0.717) is 44.7 Å². The van der Waals surface area contributed by atoms with Crippen molar-refractivity contribution in [3.05, 3.63) is 57.8 Å². The highest BCUT2D eigenvalue weighted by molar-refractivity contribution is 5.74. The number of hydrogen-bond donors (Lipinski definition) is 2. The number of benzene rings is 1. The first kappa shape index (κ1) is 25.7. The fraction of sp³-hybridized carbons (Fsp3) is 0.593. The van der Waals surface area contributed by atoms with Crippen LogP contribution in [-0.2, 0) is 13.1 Å². The molecule has 1 aromatic heterocycles. The highest BCUT2D eigenvalue weighted by atomic mass is 19.1. The van der Waals surface area contributed by atoms with E-state index in [9.17, 15) is 14.0 Å². The van der Waals surface area contributed by atoms with E-state index in [1.807, 2.05) is 17.0 Å². The topological polar surface area (TPSA) is 87.8 Å². The molecule has 0 spiro atoms. The molecule has 0 atom stereocenters. The van der Waals surface area contributed by atoms with Crippen molar-refractivity contribution < 1.29 is 9.18 Å². The number of amides is 2. The molecule has 9 nitrogen and oxygen atoms in total. The Morgan fingerprint density at radius 2 is 1.57 bits per heavy atom. The Kier molecular flexibility index (Phi) is 8.35. The molecule has 0 radical (unpaired) electrons. The maximum absolute atomic E-state index is 13.2. The normalized spacial score (nSPS) is 20.2. The molecule has 1 aromatic carbocycles. The van der Waals surface area contributed by atoms with Crippen molar-refractivity contribution in [2.75, 3.05) is 57.3 Å². The lowest BCUT2D eigenvalue weighted by atomic mass is 9.96. The maximum atomic E-state index is 13.2. The van der Waals surface area contributed by atoms with Crippen LogP contribution in [0.5, 0.6) is 0 Å². The van der Waals surface area contributed by atoms with Crippen LogP contribution in [0.2, 0.25) is 0 Å². The molecule has 10 heteroatoms. The van der Waals surface area contributed by atoms with Crippen LogP contribution in [0.1, 0.15) is 43.4 Å². The molecule has 1 saturated carbocycles. The predicted molar refractivity (Wildman–Crippen MR) is 141 cm³/mol. The van der Waals surface area contributed by atoms with Crippen molar-refractivity contribution in [1.29, 1.82) is 0 Å². The molecule has 0 unspecified atom stereocenters. The van der Waals surface area contributed by atoms with Gasteiger partial charge in [-0.2, -0.15) is 0 Å². The molecule has 2 aliphatic heterocycles. The molecular formula is C27H38FN7O2. The summed E-state index contributed by atoms with van der Waals surface area (Å²) in [6.07, 6.45) is 5.81. The Morgan fingerprint density at radius 3 is 2.24 bits per heavy atom. The summed E-state index contributed by atoms with van der Waals surface area (Å²) < 4.78 is 13.2. The zero-order chi connectivity index (χ0) is 25.6. The Labute approximate surface area is 217 Å². The smallest absolute Gasteiger partial charge is 0.317 e. The number of carbonyl (C=O) groups is 1. The molecular weight excluding hydrogens is 473 g/mol. The van der Waals surface area contributed by atoms with E-state index >= 15 is 0 Å². The number of nitrogens with one attached hydrogen (secondary N) is 2. The molecule has 1 aliphatic carbocycles. The molecule has 2 aromatic rings. The van der Waals surface area contributed by atoms with E-state index < -0.39 is 0 Å². The molecule has 2 amide bonds. The highest BCUT2D eigenvalue weighted by Gasteiger charge is 2.25. The Morgan fingerprint density at radius 1 is 0.919 bits per heavy atom. The van der Waals surface area contributed by atoms with Crippen LogP contribution in [-0.4, -0.2) is 89.1 Å². The fourth-order valence-electron chi connectivity index (χ4n) is 5.54. The van der Waals surface area contributed by atoms with Crippen LogP contribution >= 0.6 is 0 Å². The zero-order valence-electron chi connectivity index (χ0n) is 21.5. The van der Waals surface area contributed by atoms with Gasteiger partial charge in [0, 0.05) is 77.6 Å². The second-order valence-electron chi connectivity index (χ2n) is 10.5. The van der Waals surface area contributed by atoms with E-state index in [1.54, 1.807) is 6.07 Å². The lowest BCUT2D eigenvalue weighted by Gasteiger charge is -2.36. The van der Waals surface area contributed by atoms with Gasteiger partial charge in [-0.15, -0.1) is 0 Å².